The number of urea groups is 1. The topological polar surface area (TPSA) is 98.5 Å². The van der Waals surface area contributed by atoms with E-state index in [0.717, 1.165) is 38.0 Å². The van der Waals surface area contributed by atoms with Crippen molar-refractivity contribution >= 4 is 11.7 Å². The summed E-state index contributed by atoms with van der Waals surface area (Å²) in [6.07, 6.45) is 7.26. The first-order valence-electron chi connectivity index (χ1n) is 10.0. The van der Waals surface area contributed by atoms with E-state index in [1.165, 1.54) is 12.8 Å². The average Bonchev–Trinajstić information content (AvgIpc) is 3.44. The largest absolute Gasteiger partial charge is 0.490 e. The number of benzene rings is 1. The van der Waals surface area contributed by atoms with Crippen molar-refractivity contribution in [2.45, 2.75) is 57.2 Å². The van der Waals surface area contributed by atoms with Crippen molar-refractivity contribution in [1.82, 2.24) is 15.5 Å². The van der Waals surface area contributed by atoms with Crippen molar-refractivity contribution in [3.05, 3.63) is 36.0 Å². The van der Waals surface area contributed by atoms with Crippen LogP contribution >= 0.6 is 0 Å². The first-order valence-corrected chi connectivity index (χ1v) is 10.0. The second-order valence-corrected chi connectivity index (χ2v) is 7.23. The minimum absolute atomic E-state index is 0.0868. The van der Waals surface area contributed by atoms with Crippen LogP contribution in [0.2, 0.25) is 0 Å². The molecule has 1 aliphatic carbocycles. The molecular formula is C20H26N4O4. The van der Waals surface area contributed by atoms with Gasteiger partial charge in [0.1, 0.15) is 11.9 Å². The first-order chi connectivity index (χ1) is 13.8. The molecular weight excluding hydrogens is 360 g/mol. The average molecular weight is 386 g/mol. The van der Waals surface area contributed by atoms with Crippen molar-refractivity contribution < 1.29 is 18.8 Å². The van der Waals surface area contributed by atoms with Crippen LogP contribution in [0.1, 0.15) is 56.3 Å². The monoisotopic (exact) mass is 386 g/mol. The van der Waals surface area contributed by atoms with E-state index in [9.17, 15) is 4.79 Å². The molecule has 8 heteroatoms. The van der Waals surface area contributed by atoms with Gasteiger partial charge in [0.15, 0.2) is 5.82 Å². The van der Waals surface area contributed by atoms with Crippen molar-refractivity contribution in [2.24, 2.45) is 0 Å². The number of hydrogen-bond acceptors (Lipinski definition) is 6. The Kier molecular flexibility index (Phi) is 6.06. The zero-order valence-electron chi connectivity index (χ0n) is 15.9. The summed E-state index contributed by atoms with van der Waals surface area (Å²) in [7, 11) is 0. The minimum atomic E-state index is -0.277. The summed E-state index contributed by atoms with van der Waals surface area (Å²) in [4.78, 5) is 16.5. The summed E-state index contributed by atoms with van der Waals surface area (Å²) in [5.41, 5.74) is 0.702. The molecule has 2 heterocycles. The first kappa shape index (κ1) is 18.7. The molecule has 1 aromatic heterocycles. The van der Waals surface area contributed by atoms with Gasteiger partial charge >= 0.3 is 6.03 Å². The Morgan fingerprint density at radius 1 is 1.21 bits per heavy atom. The maximum absolute atomic E-state index is 12.1. The lowest BCUT2D eigenvalue weighted by atomic mass is 10.2. The highest BCUT2D eigenvalue weighted by Gasteiger charge is 2.23. The molecule has 4 rings (SSSR count). The lowest BCUT2D eigenvalue weighted by molar-refractivity contribution is 0.0835. The summed E-state index contributed by atoms with van der Waals surface area (Å²) in [5, 5.41) is 9.58. The molecule has 0 spiro atoms. The van der Waals surface area contributed by atoms with Crippen molar-refractivity contribution in [2.75, 3.05) is 18.5 Å². The van der Waals surface area contributed by atoms with Crippen LogP contribution < -0.4 is 15.4 Å². The van der Waals surface area contributed by atoms with Crippen molar-refractivity contribution in [3.8, 4) is 5.75 Å². The van der Waals surface area contributed by atoms with E-state index in [1.54, 1.807) is 0 Å². The van der Waals surface area contributed by atoms with Crippen LogP contribution in [-0.4, -0.2) is 35.4 Å². The summed E-state index contributed by atoms with van der Waals surface area (Å²) in [6.45, 7) is 1.14. The number of carbonyl (C=O) groups excluding carboxylic acids is 1. The van der Waals surface area contributed by atoms with Gasteiger partial charge in [-0.15, -0.1) is 0 Å². The molecule has 150 valence electrons. The molecule has 1 atom stereocenters. The lowest BCUT2D eigenvalue weighted by Gasteiger charge is -2.14. The van der Waals surface area contributed by atoms with Crippen LogP contribution in [0.15, 0.2) is 28.8 Å². The van der Waals surface area contributed by atoms with Gasteiger partial charge in [0.2, 0.25) is 0 Å². The molecule has 2 aliphatic rings. The van der Waals surface area contributed by atoms with E-state index in [1.807, 2.05) is 24.3 Å². The van der Waals surface area contributed by atoms with Crippen LogP contribution in [0.25, 0.3) is 0 Å². The van der Waals surface area contributed by atoms with Gasteiger partial charge in [0.05, 0.1) is 6.10 Å². The predicted molar refractivity (Wildman–Crippen MR) is 102 cm³/mol. The summed E-state index contributed by atoms with van der Waals surface area (Å²) in [6, 6.07) is 7.22. The standard InChI is InChI=1S/C20H26N4O4/c25-20(21-11-10-18-23-19(28-24-18)17-9-4-12-26-17)22-14-5-3-8-16(13-14)27-15-6-1-2-7-15/h3,5,8,13,15,17H,1-2,4,6-7,9-12H2,(H2,21,22,25). The number of ether oxygens (including phenoxy) is 2. The smallest absolute Gasteiger partial charge is 0.319 e. The SMILES string of the molecule is O=C(NCCc1noc(C2CCCO2)n1)Nc1cccc(OC2CCCC2)c1. The predicted octanol–water partition coefficient (Wildman–Crippen LogP) is 3.61. The molecule has 1 aromatic carbocycles. The van der Waals surface area contributed by atoms with Gasteiger partial charge in [-0.1, -0.05) is 11.2 Å². The third-order valence-corrected chi connectivity index (χ3v) is 5.02. The normalized spacial score (nSPS) is 19.6. The highest BCUT2D eigenvalue weighted by atomic mass is 16.5. The van der Waals surface area contributed by atoms with Crippen molar-refractivity contribution in [1.29, 1.82) is 0 Å². The fourth-order valence-electron chi connectivity index (χ4n) is 3.58. The molecule has 0 bridgehead atoms. The zero-order valence-corrected chi connectivity index (χ0v) is 15.9. The summed E-state index contributed by atoms with van der Waals surface area (Å²) in [5.74, 6) is 1.88. The van der Waals surface area contributed by atoms with Gasteiger partial charge in [0, 0.05) is 31.3 Å². The van der Waals surface area contributed by atoms with E-state index in [0.29, 0.717) is 36.5 Å². The Balaban J connectivity index is 1.21. The van der Waals surface area contributed by atoms with E-state index in [4.69, 9.17) is 14.0 Å². The van der Waals surface area contributed by atoms with Crippen molar-refractivity contribution in [3.63, 3.8) is 0 Å². The molecule has 1 saturated carbocycles. The molecule has 2 amide bonds. The second-order valence-electron chi connectivity index (χ2n) is 7.23. The second kappa shape index (κ2) is 9.05. The molecule has 1 saturated heterocycles. The highest BCUT2D eigenvalue weighted by Crippen LogP contribution is 2.27. The molecule has 8 nitrogen and oxygen atoms in total. The fraction of sp³-hybridized carbons (Fsp3) is 0.550. The Bertz CT molecular complexity index is 782. The number of carbonyl (C=O) groups is 1. The lowest BCUT2D eigenvalue weighted by Crippen LogP contribution is -2.30. The maximum atomic E-state index is 12.1. The number of hydrogen-bond donors (Lipinski definition) is 2. The van der Waals surface area contributed by atoms with E-state index >= 15 is 0 Å². The zero-order chi connectivity index (χ0) is 19.2. The van der Waals surface area contributed by atoms with Crippen LogP contribution in [0.3, 0.4) is 0 Å². The van der Waals surface area contributed by atoms with Gasteiger partial charge < -0.3 is 24.6 Å². The van der Waals surface area contributed by atoms with E-state index < -0.39 is 0 Å². The Morgan fingerprint density at radius 2 is 2.11 bits per heavy atom. The summed E-state index contributed by atoms with van der Waals surface area (Å²) >= 11 is 0. The third kappa shape index (κ3) is 5.01. The van der Waals surface area contributed by atoms with Gasteiger partial charge in [-0.25, -0.2) is 4.79 Å². The number of nitrogens with zero attached hydrogens (tertiary/aromatic N) is 2. The number of nitrogens with one attached hydrogen (secondary N) is 2. The molecule has 2 N–H and O–H groups in total. The number of anilines is 1. The molecule has 28 heavy (non-hydrogen) atoms. The van der Waals surface area contributed by atoms with Gasteiger partial charge in [-0.05, 0) is 50.7 Å². The van der Waals surface area contributed by atoms with Gasteiger partial charge in [-0.3, -0.25) is 0 Å². The Morgan fingerprint density at radius 3 is 2.93 bits per heavy atom. The Hall–Kier alpha value is -2.61. The molecule has 2 aromatic rings. The summed E-state index contributed by atoms with van der Waals surface area (Å²) < 4.78 is 16.7. The molecule has 1 aliphatic heterocycles. The Labute approximate surface area is 164 Å². The quantitative estimate of drug-likeness (QED) is 0.754. The number of rotatable bonds is 7. The third-order valence-electron chi connectivity index (χ3n) is 5.02. The van der Waals surface area contributed by atoms with Crippen LogP contribution in [0.5, 0.6) is 5.75 Å². The number of aromatic nitrogens is 2. The molecule has 2 fully saturated rings. The van der Waals surface area contributed by atoms with Crippen LogP contribution in [0.4, 0.5) is 10.5 Å². The number of amides is 2. The minimum Gasteiger partial charge on any atom is -0.490 e. The van der Waals surface area contributed by atoms with Gasteiger partial charge in [0.25, 0.3) is 5.89 Å². The molecule has 1 unspecified atom stereocenters. The molecule has 0 radical (unpaired) electrons. The fourth-order valence-corrected chi connectivity index (χ4v) is 3.58. The van der Waals surface area contributed by atoms with E-state index in [-0.39, 0.29) is 12.1 Å². The van der Waals surface area contributed by atoms with E-state index in [2.05, 4.69) is 20.8 Å². The maximum Gasteiger partial charge on any atom is 0.319 e. The van der Waals surface area contributed by atoms with Crippen LogP contribution in [0, 0.1) is 0 Å². The van der Waals surface area contributed by atoms with Crippen LogP contribution in [-0.2, 0) is 11.2 Å². The highest BCUT2D eigenvalue weighted by molar-refractivity contribution is 5.89. The van der Waals surface area contributed by atoms with Gasteiger partial charge in [-0.2, -0.15) is 4.98 Å².